The average Bonchev–Trinajstić information content (AvgIpc) is 2.18. The van der Waals surface area contributed by atoms with E-state index in [1.54, 1.807) is 25.3 Å². The van der Waals surface area contributed by atoms with Gasteiger partial charge in [0, 0.05) is 25.3 Å². The normalized spacial score (nSPS) is 12.9. The zero-order valence-electron chi connectivity index (χ0n) is 7.97. The molecule has 0 amide bonds. The van der Waals surface area contributed by atoms with Crippen LogP contribution in [-0.4, -0.2) is 13.7 Å². The van der Waals surface area contributed by atoms with Crippen molar-refractivity contribution in [3.63, 3.8) is 0 Å². The molecule has 1 atom stereocenters. The highest BCUT2D eigenvalue weighted by atomic mass is 79.9. The maximum atomic E-state index is 13.5. The molecule has 14 heavy (non-hydrogen) atoms. The number of benzene rings is 1. The Balaban J connectivity index is 2.79. The molecule has 2 nitrogen and oxygen atoms in total. The van der Waals surface area contributed by atoms with Gasteiger partial charge in [-0.2, -0.15) is 0 Å². The minimum atomic E-state index is -0.313. The molecule has 2 N–H and O–H groups in total. The number of rotatable bonds is 4. The van der Waals surface area contributed by atoms with Crippen LogP contribution in [0.25, 0.3) is 0 Å². The number of nitrogens with two attached hydrogens (primary N) is 1. The largest absolute Gasteiger partial charge is 0.385 e. The third kappa shape index (κ3) is 2.77. The van der Waals surface area contributed by atoms with E-state index in [2.05, 4.69) is 15.9 Å². The summed E-state index contributed by atoms with van der Waals surface area (Å²) in [6.45, 7) is 0.535. The summed E-state index contributed by atoms with van der Waals surface area (Å²) in [7, 11) is 1.60. The van der Waals surface area contributed by atoms with Crippen molar-refractivity contribution in [2.45, 2.75) is 12.5 Å². The number of hydrogen-bond acceptors (Lipinski definition) is 2. The van der Waals surface area contributed by atoms with Gasteiger partial charge in [0.2, 0.25) is 0 Å². The molecule has 1 aromatic carbocycles. The van der Waals surface area contributed by atoms with Crippen LogP contribution in [0, 0.1) is 5.82 Å². The van der Waals surface area contributed by atoms with Crippen molar-refractivity contribution in [1.82, 2.24) is 0 Å². The molecule has 0 heterocycles. The molecule has 4 heteroatoms. The van der Waals surface area contributed by atoms with Crippen LogP contribution in [0.5, 0.6) is 0 Å². The molecule has 0 saturated heterocycles. The van der Waals surface area contributed by atoms with E-state index in [1.165, 1.54) is 0 Å². The first-order valence-corrected chi connectivity index (χ1v) is 5.14. The van der Waals surface area contributed by atoms with Crippen LogP contribution >= 0.6 is 15.9 Å². The summed E-state index contributed by atoms with van der Waals surface area (Å²) in [6, 6.07) is 4.81. The topological polar surface area (TPSA) is 35.2 Å². The molecule has 0 aromatic heterocycles. The molecular formula is C10H13BrFNO. The molecule has 1 unspecified atom stereocenters. The van der Waals surface area contributed by atoms with E-state index < -0.39 is 0 Å². The molecule has 0 radical (unpaired) electrons. The molecule has 0 fully saturated rings. The average molecular weight is 262 g/mol. The number of hydrogen-bond donors (Lipinski definition) is 1. The van der Waals surface area contributed by atoms with Gasteiger partial charge in [0.05, 0.1) is 4.47 Å². The number of methoxy groups -OCH3 is 1. The molecule has 0 bridgehead atoms. The lowest BCUT2D eigenvalue weighted by molar-refractivity contribution is 0.187. The summed E-state index contributed by atoms with van der Waals surface area (Å²) in [5.41, 5.74) is 6.33. The molecule has 0 aliphatic heterocycles. The molecule has 1 rings (SSSR count). The Labute approximate surface area is 91.4 Å². The molecule has 0 spiro atoms. The van der Waals surface area contributed by atoms with Crippen LogP contribution in [0.2, 0.25) is 0 Å². The first kappa shape index (κ1) is 11.6. The highest BCUT2D eigenvalue weighted by molar-refractivity contribution is 9.10. The summed E-state index contributed by atoms with van der Waals surface area (Å²) in [6.07, 6.45) is 0.615. The zero-order valence-corrected chi connectivity index (χ0v) is 9.55. The van der Waals surface area contributed by atoms with Gasteiger partial charge in [-0.15, -0.1) is 0 Å². The summed E-state index contributed by atoms with van der Waals surface area (Å²) in [4.78, 5) is 0. The van der Waals surface area contributed by atoms with E-state index in [4.69, 9.17) is 10.5 Å². The van der Waals surface area contributed by atoms with Crippen molar-refractivity contribution in [3.05, 3.63) is 34.1 Å². The molecule has 0 aliphatic carbocycles. The fourth-order valence-corrected chi connectivity index (χ4v) is 1.59. The highest BCUT2D eigenvalue weighted by Crippen LogP contribution is 2.23. The van der Waals surface area contributed by atoms with Gasteiger partial charge in [-0.25, -0.2) is 4.39 Å². The minimum Gasteiger partial charge on any atom is -0.385 e. The number of ether oxygens (including phenoxy) is 1. The Bertz CT molecular complexity index is 306. The second-order valence-electron chi connectivity index (χ2n) is 3.03. The van der Waals surface area contributed by atoms with Gasteiger partial charge in [0.25, 0.3) is 0 Å². The first-order chi connectivity index (χ1) is 6.66. The van der Waals surface area contributed by atoms with Crippen LogP contribution in [0.1, 0.15) is 18.0 Å². The summed E-state index contributed by atoms with van der Waals surface area (Å²) in [5, 5.41) is 0. The highest BCUT2D eigenvalue weighted by Gasteiger charge is 2.12. The zero-order chi connectivity index (χ0) is 10.6. The van der Waals surface area contributed by atoms with Crippen molar-refractivity contribution >= 4 is 15.9 Å². The molecule has 1 aromatic rings. The Kier molecular flexibility index (Phi) is 4.51. The Hall–Kier alpha value is -0.450. The smallest absolute Gasteiger partial charge is 0.142 e. The van der Waals surface area contributed by atoms with Crippen molar-refractivity contribution < 1.29 is 9.13 Å². The summed E-state index contributed by atoms with van der Waals surface area (Å²) >= 11 is 3.12. The monoisotopic (exact) mass is 261 g/mol. The quantitative estimate of drug-likeness (QED) is 0.905. The van der Waals surface area contributed by atoms with E-state index in [1.807, 2.05) is 0 Å². The first-order valence-electron chi connectivity index (χ1n) is 4.35. The Morgan fingerprint density at radius 2 is 2.29 bits per heavy atom. The second-order valence-corrected chi connectivity index (χ2v) is 3.89. The summed E-state index contributed by atoms with van der Waals surface area (Å²) in [5.74, 6) is -0.281. The molecule has 78 valence electrons. The van der Waals surface area contributed by atoms with Crippen LogP contribution in [0.15, 0.2) is 22.7 Å². The van der Waals surface area contributed by atoms with Gasteiger partial charge in [0.1, 0.15) is 5.82 Å². The lowest BCUT2D eigenvalue weighted by Gasteiger charge is -2.12. The Morgan fingerprint density at radius 3 is 2.93 bits per heavy atom. The standard InChI is InChI=1S/C10H13BrFNO/c1-14-6-5-9(13)7-3-2-4-8(11)10(7)12/h2-4,9H,5-6,13H2,1H3. The fourth-order valence-electron chi connectivity index (χ4n) is 1.21. The van der Waals surface area contributed by atoms with Gasteiger partial charge in [-0.3, -0.25) is 0 Å². The van der Waals surface area contributed by atoms with E-state index in [0.29, 0.717) is 23.1 Å². The molecular weight excluding hydrogens is 249 g/mol. The van der Waals surface area contributed by atoms with Crippen LogP contribution in [0.3, 0.4) is 0 Å². The molecule has 0 saturated carbocycles. The SMILES string of the molecule is COCCC(N)c1cccc(Br)c1F. The maximum Gasteiger partial charge on any atom is 0.142 e. The Morgan fingerprint density at radius 1 is 1.57 bits per heavy atom. The lowest BCUT2D eigenvalue weighted by Crippen LogP contribution is -2.14. The predicted molar refractivity (Wildman–Crippen MR) is 57.5 cm³/mol. The minimum absolute atomic E-state index is 0.281. The van der Waals surface area contributed by atoms with E-state index in [9.17, 15) is 4.39 Å². The van der Waals surface area contributed by atoms with E-state index in [0.717, 1.165) is 0 Å². The fraction of sp³-hybridized carbons (Fsp3) is 0.400. The maximum absolute atomic E-state index is 13.5. The van der Waals surface area contributed by atoms with Crippen molar-refractivity contribution in [1.29, 1.82) is 0 Å². The van der Waals surface area contributed by atoms with Crippen LogP contribution < -0.4 is 5.73 Å². The van der Waals surface area contributed by atoms with E-state index >= 15 is 0 Å². The second kappa shape index (κ2) is 5.44. The van der Waals surface area contributed by atoms with Crippen molar-refractivity contribution in [2.24, 2.45) is 5.73 Å². The third-order valence-electron chi connectivity index (χ3n) is 2.01. The van der Waals surface area contributed by atoms with Gasteiger partial charge in [-0.1, -0.05) is 12.1 Å². The van der Waals surface area contributed by atoms with Crippen molar-refractivity contribution in [2.75, 3.05) is 13.7 Å². The van der Waals surface area contributed by atoms with Gasteiger partial charge >= 0.3 is 0 Å². The number of halogens is 2. The van der Waals surface area contributed by atoms with Crippen molar-refractivity contribution in [3.8, 4) is 0 Å². The van der Waals surface area contributed by atoms with Gasteiger partial charge in [-0.05, 0) is 28.4 Å². The summed E-state index contributed by atoms with van der Waals surface area (Å²) < 4.78 is 18.8. The molecule has 0 aliphatic rings. The third-order valence-corrected chi connectivity index (χ3v) is 2.63. The van der Waals surface area contributed by atoms with Gasteiger partial charge in [0.15, 0.2) is 0 Å². The van der Waals surface area contributed by atoms with Crippen LogP contribution in [0.4, 0.5) is 4.39 Å². The van der Waals surface area contributed by atoms with Gasteiger partial charge < -0.3 is 10.5 Å². The van der Waals surface area contributed by atoms with Crippen LogP contribution in [-0.2, 0) is 4.74 Å². The lowest BCUT2D eigenvalue weighted by atomic mass is 10.0. The predicted octanol–water partition coefficient (Wildman–Crippen LogP) is 2.62. The van der Waals surface area contributed by atoms with E-state index in [-0.39, 0.29) is 11.9 Å².